The van der Waals surface area contributed by atoms with E-state index < -0.39 is 10.0 Å². The van der Waals surface area contributed by atoms with Gasteiger partial charge < -0.3 is 24.4 Å². The van der Waals surface area contributed by atoms with Crippen LogP contribution in [0, 0.1) is 0 Å². The van der Waals surface area contributed by atoms with Crippen molar-refractivity contribution in [1.82, 2.24) is 9.62 Å². The van der Waals surface area contributed by atoms with Gasteiger partial charge in [-0.15, -0.1) is 0 Å². The van der Waals surface area contributed by atoms with Gasteiger partial charge in [0.15, 0.2) is 11.5 Å². The van der Waals surface area contributed by atoms with Crippen LogP contribution < -0.4 is 24.4 Å². The molecule has 0 aromatic heterocycles. The third-order valence-electron chi connectivity index (χ3n) is 5.54. The summed E-state index contributed by atoms with van der Waals surface area (Å²) in [4.78, 5) is 14.2. The predicted octanol–water partition coefficient (Wildman–Crippen LogP) is 1.71. The summed E-state index contributed by atoms with van der Waals surface area (Å²) in [6.07, 6.45) is 3.01. The lowest BCUT2D eigenvalue weighted by atomic mass is 10.2. The molecule has 4 rings (SSSR count). The zero-order valence-corrected chi connectivity index (χ0v) is 19.2. The number of fused-ring (bicyclic) bond motifs is 1. The fraction of sp³-hybridized carbons (Fsp3) is 0.348. The predicted molar refractivity (Wildman–Crippen MR) is 125 cm³/mol. The van der Waals surface area contributed by atoms with E-state index in [-0.39, 0.29) is 25.0 Å². The molecule has 0 saturated carbocycles. The van der Waals surface area contributed by atoms with Crippen molar-refractivity contribution in [2.75, 3.05) is 57.3 Å². The molecule has 0 bridgehead atoms. The van der Waals surface area contributed by atoms with E-state index in [0.29, 0.717) is 37.7 Å². The lowest BCUT2D eigenvalue weighted by molar-refractivity contribution is -0.116. The number of sulfonamides is 1. The van der Waals surface area contributed by atoms with Gasteiger partial charge in [-0.1, -0.05) is 18.2 Å². The maximum atomic E-state index is 12.7. The second-order valence-electron chi connectivity index (χ2n) is 7.61. The highest BCUT2D eigenvalue weighted by molar-refractivity contribution is 7.89. The van der Waals surface area contributed by atoms with Crippen molar-refractivity contribution in [2.45, 2.75) is 0 Å². The van der Waals surface area contributed by atoms with Gasteiger partial charge in [0.2, 0.25) is 22.7 Å². The van der Waals surface area contributed by atoms with Gasteiger partial charge >= 0.3 is 0 Å². The lowest BCUT2D eigenvalue weighted by Gasteiger charge is -2.35. The lowest BCUT2D eigenvalue weighted by Crippen LogP contribution is -2.50. The van der Waals surface area contributed by atoms with Crippen LogP contribution >= 0.6 is 0 Å². The van der Waals surface area contributed by atoms with Crippen molar-refractivity contribution in [1.29, 1.82) is 0 Å². The van der Waals surface area contributed by atoms with Gasteiger partial charge in [-0.25, -0.2) is 8.42 Å². The van der Waals surface area contributed by atoms with Gasteiger partial charge in [0, 0.05) is 38.8 Å². The largest absolute Gasteiger partial charge is 0.495 e. The Morgan fingerprint density at radius 1 is 1.09 bits per heavy atom. The Labute approximate surface area is 193 Å². The molecule has 2 aliphatic heterocycles. The Balaban J connectivity index is 1.23. The number of rotatable bonds is 8. The van der Waals surface area contributed by atoms with Gasteiger partial charge in [0.25, 0.3) is 0 Å². The number of anilines is 1. The summed E-state index contributed by atoms with van der Waals surface area (Å²) in [7, 11) is -1.84. The SMILES string of the molecule is COc1ccccc1N1CCN(S(=O)(=O)CCNC(=O)/C=C/c2ccc3c(c2)OCO3)CC1. The number of piperazine rings is 1. The highest BCUT2D eigenvalue weighted by Gasteiger charge is 2.27. The van der Waals surface area contributed by atoms with E-state index in [1.807, 2.05) is 30.3 Å². The van der Waals surface area contributed by atoms with E-state index in [9.17, 15) is 13.2 Å². The van der Waals surface area contributed by atoms with Crippen LogP contribution in [0.3, 0.4) is 0 Å². The van der Waals surface area contributed by atoms with Gasteiger partial charge in [0.1, 0.15) is 5.75 Å². The molecule has 2 aliphatic rings. The zero-order chi connectivity index (χ0) is 23.3. The standard InChI is InChI=1S/C23H27N3O6S/c1-30-20-5-3-2-4-19(20)25-11-13-26(14-12-25)33(28,29)15-10-24-23(27)9-7-18-6-8-21-22(16-18)32-17-31-21/h2-9,16H,10-15,17H2,1H3,(H,24,27)/b9-7+. The van der Waals surface area contributed by atoms with E-state index >= 15 is 0 Å². The molecule has 0 atom stereocenters. The summed E-state index contributed by atoms with van der Waals surface area (Å²) in [6, 6.07) is 13.1. The second kappa shape index (κ2) is 10.1. The summed E-state index contributed by atoms with van der Waals surface area (Å²) in [5, 5.41) is 2.64. The Morgan fingerprint density at radius 2 is 1.85 bits per heavy atom. The third kappa shape index (κ3) is 5.58. The summed E-state index contributed by atoms with van der Waals surface area (Å²) in [5.74, 6) is 1.57. The van der Waals surface area contributed by atoms with Crippen molar-refractivity contribution in [2.24, 2.45) is 0 Å². The van der Waals surface area contributed by atoms with Crippen molar-refractivity contribution in [3.8, 4) is 17.2 Å². The van der Waals surface area contributed by atoms with Crippen molar-refractivity contribution >= 4 is 27.7 Å². The normalized spacial score (nSPS) is 16.2. The highest BCUT2D eigenvalue weighted by Crippen LogP contribution is 2.32. The molecule has 9 nitrogen and oxygen atoms in total. The summed E-state index contributed by atoms with van der Waals surface area (Å²) in [5.41, 5.74) is 1.74. The minimum Gasteiger partial charge on any atom is -0.495 e. The zero-order valence-electron chi connectivity index (χ0n) is 18.4. The van der Waals surface area contributed by atoms with Crippen LogP contribution in [0.15, 0.2) is 48.5 Å². The molecular weight excluding hydrogens is 446 g/mol. The van der Waals surface area contributed by atoms with E-state index in [2.05, 4.69) is 10.2 Å². The number of carbonyl (C=O) groups is 1. The smallest absolute Gasteiger partial charge is 0.244 e. The maximum absolute atomic E-state index is 12.7. The first-order valence-electron chi connectivity index (χ1n) is 10.7. The van der Waals surface area contributed by atoms with Crippen LogP contribution in [0.25, 0.3) is 6.08 Å². The first kappa shape index (κ1) is 22.9. The maximum Gasteiger partial charge on any atom is 0.244 e. The first-order chi connectivity index (χ1) is 16.0. The van der Waals surface area contributed by atoms with Gasteiger partial charge in [-0.2, -0.15) is 4.31 Å². The summed E-state index contributed by atoms with van der Waals surface area (Å²) < 4.78 is 42.9. The molecule has 1 fully saturated rings. The van der Waals surface area contributed by atoms with Crippen LogP contribution in [0.5, 0.6) is 17.2 Å². The average Bonchev–Trinajstić information content (AvgIpc) is 3.31. The van der Waals surface area contributed by atoms with E-state index in [0.717, 1.165) is 17.0 Å². The molecule has 2 aromatic carbocycles. The minimum absolute atomic E-state index is 0.0410. The number of amides is 1. The molecule has 2 aromatic rings. The van der Waals surface area contributed by atoms with Gasteiger partial charge in [-0.3, -0.25) is 4.79 Å². The Kier molecular flexibility index (Phi) is 7.05. The topological polar surface area (TPSA) is 97.4 Å². The molecule has 0 spiro atoms. The number of methoxy groups -OCH3 is 1. The fourth-order valence-corrected chi connectivity index (χ4v) is 5.12. The minimum atomic E-state index is -3.47. The fourth-order valence-electron chi connectivity index (χ4n) is 3.78. The highest BCUT2D eigenvalue weighted by atomic mass is 32.2. The van der Waals surface area contributed by atoms with Crippen LogP contribution in [-0.2, 0) is 14.8 Å². The molecule has 1 amide bonds. The van der Waals surface area contributed by atoms with E-state index in [1.54, 1.807) is 25.3 Å². The Hall–Kier alpha value is -3.24. The van der Waals surface area contributed by atoms with Gasteiger partial charge in [0.05, 0.1) is 18.6 Å². The molecule has 0 unspecified atom stereocenters. The Bertz CT molecular complexity index is 1130. The first-order valence-corrected chi connectivity index (χ1v) is 12.3. The molecule has 33 heavy (non-hydrogen) atoms. The van der Waals surface area contributed by atoms with Gasteiger partial charge in [-0.05, 0) is 35.9 Å². The Morgan fingerprint density at radius 3 is 2.64 bits per heavy atom. The van der Waals surface area contributed by atoms with Crippen LogP contribution in [-0.4, -0.2) is 71.0 Å². The van der Waals surface area contributed by atoms with E-state index in [4.69, 9.17) is 14.2 Å². The van der Waals surface area contributed by atoms with Crippen LogP contribution in [0.4, 0.5) is 5.69 Å². The third-order valence-corrected chi connectivity index (χ3v) is 7.41. The van der Waals surface area contributed by atoms with Crippen molar-refractivity contribution in [3.63, 3.8) is 0 Å². The summed E-state index contributed by atoms with van der Waals surface area (Å²) >= 11 is 0. The molecule has 176 valence electrons. The second-order valence-corrected chi connectivity index (χ2v) is 9.70. The monoisotopic (exact) mass is 473 g/mol. The molecule has 0 aliphatic carbocycles. The number of nitrogens with zero attached hydrogens (tertiary/aromatic N) is 2. The molecule has 2 heterocycles. The molecule has 1 saturated heterocycles. The van der Waals surface area contributed by atoms with Crippen LogP contribution in [0.2, 0.25) is 0 Å². The molecule has 1 N–H and O–H groups in total. The number of hydrogen-bond acceptors (Lipinski definition) is 7. The number of carbonyl (C=O) groups excluding carboxylic acids is 1. The quantitative estimate of drug-likeness (QED) is 0.583. The summed E-state index contributed by atoms with van der Waals surface area (Å²) in [6.45, 7) is 2.15. The van der Waals surface area contributed by atoms with E-state index in [1.165, 1.54) is 10.4 Å². The average molecular weight is 474 g/mol. The number of benzene rings is 2. The van der Waals surface area contributed by atoms with Crippen molar-refractivity contribution < 1.29 is 27.4 Å². The molecule has 0 radical (unpaired) electrons. The molecular formula is C23H27N3O6S. The van der Waals surface area contributed by atoms with Crippen molar-refractivity contribution in [3.05, 3.63) is 54.1 Å². The van der Waals surface area contributed by atoms with Crippen LogP contribution in [0.1, 0.15) is 5.56 Å². The number of para-hydroxylation sites is 2. The number of ether oxygens (including phenoxy) is 3. The number of nitrogens with one attached hydrogen (secondary N) is 1. The molecule has 10 heteroatoms. The number of hydrogen-bond donors (Lipinski definition) is 1.